The Kier molecular flexibility index (Phi) is 3.69. The van der Waals surface area contributed by atoms with Gasteiger partial charge in [0.1, 0.15) is 5.54 Å². The molecule has 0 spiro atoms. The molecule has 1 aromatic carbocycles. The highest BCUT2D eigenvalue weighted by molar-refractivity contribution is 5.98. The summed E-state index contributed by atoms with van der Waals surface area (Å²) in [6.45, 7) is 4.19. The number of allylic oxidation sites excluding steroid dienone is 1. The smallest absolute Gasteiger partial charge is 0.250 e. The second-order valence-electron chi connectivity index (χ2n) is 4.69. The number of benzene rings is 1. The Morgan fingerprint density at radius 1 is 1.32 bits per heavy atom. The van der Waals surface area contributed by atoms with Gasteiger partial charge in [0.25, 0.3) is 5.91 Å². The number of piperazine rings is 1. The molecular formula is C15H18N2O2. The van der Waals surface area contributed by atoms with Gasteiger partial charge in [-0.2, -0.15) is 0 Å². The van der Waals surface area contributed by atoms with Crippen LogP contribution >= 0.6 is 0 Å². The average molecular weight is 258 g/mol. The first-order valence-electron chi connectivity index (χ1n) is 6.36. The van der Waals surface area contributed by atoms with E-state index in [-0.39, 0.29) is 18.4 Å². The van der Waals surface area contributed by atoms with Gasteiger partial charge in [-0.05, 0) is 19.4 Å². The first-order chi connectivity index (χ1) is 9.10. The summed E-state index contributed by atoms with van der Waals surface area (Å²) in [6, 6.07) is 9.40. The van der Waals surface area contributed by atoms with Gasteiger partial charge in [-0.3, -0.25) is 9.59 Å². The van der Waals surface area contributed by atoms with Crippen LogP contribution in [0.5, 0.6) is 0 Å². The van der Waals surface area contributed by atoms with Crippen LogP contribution in [0.4, 0.5) is 0 Å². The van der Waals surface area contributed by atoms with E-state index >= 15 is 0 Å². The zero-order valence-electron chi connectivity index (χ0n) is 11.2. The molecule has 2 amide bonds. The zero-order chi connectivity index (χ0) is 13.9. The van der Waals surface area contributed by atoms with Crippen LogP contribution in [0.2, 0.25) is 0 Å². The highest BCUT2D eigenvalue weighted by Gasteiger charge is 2.46. The Balaban J connectivity index is 2.46. The molecule has 0 radical (unpaired) electrons. The first-order valence-corrected chi connectivity index (χ1v) is 6.36. The van der Waals surface area contributed by atoms with Gasteiger partial charge >= 0.3 is 0 Å². The predicted molar refractivity (Wildman–Crippen MR) is 73.3 cm³/mol. The number of carbonyl (C=O) groups excluding carboxylic acids is 2. The summed E-state index contributed by atoms with van der Waals surface area (Å²) in [5, 5.41) is 2.67. The zero-order valence-corrected chi connectivity index (χ0v) is 11.2. The van der Waals surface area contributed by atoms with E-state index in [1.165, 1.54) is 0 Å². The lowest BCUT2D eigenvalue weighted by Crippen LogP contribution is -2.63. The van der Waals surface area contributed by atoms with Crippen molar-refractivity contribution in [2.24, 2.45) is 0 Å². The van der Waals surface area contributed by atoms with Gasteiger partial charge in [0.15, 0.2) is 0 Å². The Morgan fingerprint density at radius 3 is 2.63 bits per heavy atom. The number of carbonyl (C=O) groups is 2. The van der Waals surface area contributed by atoms with Crippen molar-refractivity contribution in [2.45, 2.75) is 19.4 Å². The number of nitrogens with zero attached hydrogens (tertiary/aromatic N) is 1. The predicted octanol–water partition coefficient (Wildman–Crippen LogP) is 1.44. The van der Waals surface area contributed by atoms with E-state index in [4.69, 9.17) is 0 Å². The Hall–Kier alpha value is -2.10. The molecule has 19 heavy (non-hydrogen) atoms. The number of nitrogens with one attached hydrogen (secondary N) is 1. The molecule has 1 fully saturated rings. The van der Waals surface area contributed by atoms with Gasteiger partial charge in [0, 0.05) is 6.54 Å². The molecule has 1 N–H and O–H groups in total. The van der Waals surface area contributed by atoms with E-state index in [2.05, 4.69) is 5.32 Å². The quantitative estimate of drug-likeness (QED) is 0.834. The molecule has 1 aliphatic rings. The van der Waals surface area contributed by atoms with Crippen molar-refractivity contribution in [3.8, 4) is 0 Å². The molecule has 1 saturated heterocycles. The fourth-order valence-electron chi connectivity index (χ4n) is 2.34. The fourth-order valence-corrected chi connectivity index (χ4v) is 2.34. The van der Waals surface area contributed by atoms with Crippen molar-refractivity contribution in [1.29, 1.82) is 0 Å². The van der Waals surface area contributed by atoms with E-state index in [1.807, 2.05) is 49.4 Å². The summed E-state index contributed by atoms with van der Waals surface area (Å²) in [5.41, 5.74) is -0.124. The third kappa shape index (κ3) is 2.26. The topological polar surface area (TPSA) is 49.4 Å². The van der Waals surface area contributed by atoms with Gasteiger partial charge < -0.3 is 10.2 Å². The lowest BCUT2D eigenvalue weighted by Gasteiger charge is -2.43. The maximum atomic E-state index is 12.3. The van der Waals surface area contributed by atoms with Crippen molar-refractivity contribution in [2.75, 3.05) is 13.1 Å². The van der Waals surface area contributed by atoms with Crippen molar-refractivity contribution in [1.82, 2.24) is 10.2 Å². The Labute approximate surface area is 113 Å². The SMILES string of the molecule is C/C=C/CN1C(=O)CNC(=O)C1(C)c1ccccc1. The maximum absolute atomic E-state index is 12.3. The summed E-state index contributed by atoms with van der Waals surface area (Å²) in [6.07, 6.45) is 3.77. The molecule has 100 valence electrons. The minimum absolute atomic E-state index is 0.0657. The van der Waals surface area contributed by atoms with Crippen LogP contribution in [0.25, 0.3) is 0 Å². The fraction of sp³-hybridized carbons (Fsp3) is 0.333. The molecule has 0 aromatic heterocycles. The van der Waals surface area contributed by atoms with E-state index in [0.717, 1.165) is 5.56 Å². The molecule has 1 unspecified atom stereocenters. The van der Waals surface area contributed by atoms with Crippen LogP contribution in [0.1, 0.15) is 19.4 Å². The standard InChI is InChI=1S/C15H18N2O2/c1-3-4-10-17-13(18)11-16-14(19)15(17,2)12-8-6-5-7-9-12/h3-9H,10-11H2,1-2H3,(H,16,19)/b4-3+. The van der Waals surface area contributed by atoms with Crippen molar-refractivity contribution >= 4 is 11.8 Å². The molecule has 0 aliphatic carbocycles. The lowest BCUT2D eigenvalue weighted by atomic mass is 9.87. The third-order valence-corrected chi connectivity index (χ3v) is 3.54. The highest BCUT2D eigenvalue weighted by Crippen LogP contribution is 2.30. The van der Waals surface area contributed by atoms with Gasteiger partial charge in [-0.15, -0.1) is 0 Å². The number of amides is 2. The molecule has 1 heterocycles. The minimum atomic E-state index is -0.948. The molecule has 2 rings (SSSR count). The van der Waals surface area contributed by atoms with Crippen molar-refractivity contribution in [3.05, 3.63) is 48.0 Å². The largest absolute Gasteiger partial charge is 0.345 e. The molecular weight excluding hydrogens is 240 g/mol. The molecule has 0 bridgehead atoms. The summed E-state index contributed by atoms with van der Waals surface area (Å²) < 4.78 is 0. The summed E-state index contributed by atoms with van der Waals surface area (Å²) in [7, 11) is 0. The molecule has 0 saturated carbocycles. The van der Waals surface area contributed by atoms with Crippen LogP contribution in [0.15, 0.2) is 42.5 Å². The van der Waals surface area contributed by atoms with Gasteiger partial charge in [-0.25, -0.2) is 0 Å². The molecule has 1 atom stereocenters. The van der Waals surface area contributed by atoms with E-state index < -0.39 is 5.54 Å². The lowest BCUT2D eigenvalue weighted by molar-refractivity contribution is -0.152. The number of hydrogen-bond donors (Lipinski definition) is 1. The highest BCUT2D eigenvalue weighted by atomic mass is 16.2. The van der Waals surface area contributed by atoms with E-state index in [0.29, 0.717) is 6.54 Å². The van der Waals surface area contributed by atoms with E-state index in [9.17, 15) is 9.59 Å². The number of rotatable bonds is 3. The molecule has 4 nitrogen and oxygen atoms in total. The molecule has 1 aliphatic heterocycles. The second-order valence-corrected chi connectivity index (χ2v) is 4.69. The van der Waals surface area contributed by atoms with Crippen molar-refractivity contribution < 1.29 is 9.59 Å². The summed E-state index contributed by atoms with van der Waals surface area (Å²) in [4.78, 5) is 26.0. The number of hydrogen-bond acceptors (Lipinski definition) is 2. The van der Waals surface area contributed by atoms with Gasteiger partial charge in [0.2, 0.25) is 5.91 Å². The second kappa shape index (κ2) is 5.26. The maximum Gasteiger partial charge on any atom is 0.250 e. The molecule has 4 heteroatoms. The average Bonchev–Trinajstić information content (AvgIpc) is 2.44. The van der Waals surface area contributed by atoms with Crippen LogP contribution in [0.3, 0.4) is 0 Å². The van der Waals surface area contributed by atoms with E-state index in [1.54, 1.807) is 11.8 Å². The van der Waals surface area contributed by atoms with Crippen LogP contribution in [-0.4, -0.2) is 29.8 Å². The summed E-state index contributed by atoms with van der Waals surface area (Å²) >= 11 is 0. The van der Waals surface area contributed by atoms with Crippen LogP contribution < -0.4 is 5.32 Å². The minimum Gasteiger partial charge on any atom is -0.345 e. The summed E-state index contributed by atoms with van der Waals surface area (Å²) in [5.74, 6) is -0.202. The van der Waals surface area contributed by atoms with Crippen LogP contribution in [0, 0.1) is 0 Å². The normalized spacial score (nSPS) is 23.8. The first kappa shape index (κ1) is 13.3. The third-order valence-electron chi connectivity index (χ3n) is 3.54. The van der Waals surface area contributed by atoms with Crippen molar-refractivity contribution in [3.63, 3.8) is 0 Å². The Bertz CT molecular complexity index is 510. The monoisotopic (exact) mass is 258 g/mol. The van der Waals surface area contributed by atoms with Gasteiger partial charge in [-0.1, -0.05) is 42.5 Å². The van der Waals surface area contributed by atoms with Crippen LogP contribution in [-0.2, 0) is 15.1 Å². The van der Waals surface area contributed by atoms with Gasteiger partial charge in [0.05, 0.1) is 6.54 Å². The Morgan fingerprint density at radius 2 is 2.00 bits per heavy atom. The molecule has 1 aromatic rings.